The average molecular weight is 496 g/mol. The number of nitrogens with one attached hydrogen (secondary N) is 3. The molecule has 3 aromatic rings. The van der Waals surface area contributed by atoms with E-state index in [0.29, 0.717) is 11.7 Å². The Kier molecular flexibility index (Phi) is 7.94. The number of para-hydroxylation sites is 1. The molecule has 1 aromatic carbocycles. The van der Waals surface area contributed by atoms with Gasteiger partial charge >= 0.3 is 0 Å². The van der Waals surface area contributed by atoms with E-state index in [1.165, 1.54) is 10.9 Å². The molecule has 28 heavy (non-hydrogen) atoms. The second-order valence-corrected chi connectivity index (χ2v) is 6.92. The number of aliphatic imine (C=N–C) groups is 1. The summed E-state index contributed by atoms with van der Waals surface area (Å²) in [6.07, 6.45) is 2.93. The van der Waals surface area contributed by atoms with Crippen LogP contribution < -0.4 is 10.6 Å². The Labute approximate surface area is 182 Å². The third kappa shape index (κ3) is 5.51. The van der Waals surface area contributed by atoms with E-state index in [0.717, 1.165) is 30.8 Å². The molecule has 0 saturated heterocycles. The molecule has 7 heteroatoms. The van der Waals surface area contributed by atoms with Crippen LogP contribution in [0.2, 0.25) is 0 Å². The second kappa shape index (κ2) is 9.97. The number of aromatic amines is 1. The Morgan fingerprint density at radius 2 is 2.00 bits per heavy atom. The van der Waals surface area contributed by atoms with Gasteiger partial charge in [0.05, 0.1) is 6.54 Å². The molecule has 4 N–H and O–H groups in total. The summed E-state index contributed by atoms with van der Waals surface area (Å²) in [5.41, 5.74) is 1.28. The standard InChI is InChI=1S/C21H28N4O2.HI/c1-4-22-20(25-14-21(3,26)19-10-9-15(2)27-19)23-12-11-16-13-24-18-8-6-5-7-17(16)18;/h5-10,13,24,26H,4,11-12,14H2,1-3H3,(H2,22,23,25);1H. The van der Waals surface area contributed by atoms with Crippen LogP contribution in [-0.2, 0) is 12.0 Å². The molecule has 3 rings (SSSR count). The third-order valence-electron chi connectivity index (χ3n) is 4.52. The summed E-state index contributed by atoms with van der Waals surface area (Å²) >= 11 is 0. The van der Waals surface area contributed by atoms with Crippen molar-refractivity contribution in [2.75, 3.05) is 19.6 Å². The van der Waals surface area contributed by atoms with Crippen molar-refractivity contribution in [1.29, 1.82) is 0 Å². The van der Waals surface area contributed by atoms with Crippen molar-refractivity contribution < 1.29 is 9.52 Å². The number of aryl methyl sites for hydroxylation is 1. The van der Waals surface area contributed by atoms with Crippen LogP contribution in [0.15, 0.2) is 52.0 Å². The summed E-state index contributed by atoms with van der Waals surface area (Å²) in [6, 6.07) is 11.9. The number of aliphatic hydroxyl groups is 1. The minimum absolute atomic E-state index is 0. The highest BCUT2D eigenvalue weighted by Crippen LogP contribution is 2.23. The normalized spacial score (nSPS) is 13.8. The van der Waals surface area contributed by atoms with Crippen LogP contribution in [0.25, 0.3) is 10.9 Å². The van der Waals surface area contributed by atoms with Crippen LogP contribution in [-0.4, -0.2) is 35.7 Å². The first kappa shape index (κ1) is 22.3. The topological polar surface area (TPSA) is 85.6 Å². The second-order valence-electron chi connectivity index (χ2n) is 6.92. The Hall–Kier alpha value is -2.00. The number of hydrogen-bond donors (Lipinski definition) is 4. The van der Waals surface area contributed by atoms with E-state index >= 15 is 0 Å². The first-order valence-corrected chi connectivity index (χ1v) is 9.36. The molecule has 2 heterocycles. The van der Waals surface area contributed by atoms with Crippen LogP contribution in [0.4, 0.5) is 0 Å². The zero-order chi connectivity index (χ0) is 19.3. The molecular weight excluding hydrogens is 467 g/mol. The number of nitrogens with zero attached hydrogens (tertiary/aromatic N) is 1. The number of hydrogen-bond acceptors (Lipinski definition) is 3. The molecule has 0 spiro atoms. The van der Waals surface area contributed by atoms with Crippen molar-refractivity contribution in [3.05, 3.63) is 59.7 Å². The van der Waals surface area contributed by atoms with Gasteiger partial charge in [0.15, 0.2) is 5.96 Å². The Morgan fingerprint density at radius 3 is 2.71 bits per heavy atom. The van der Waals surface area contributed by atoms with Crippen LogP contribution in [0, 0.1) is 6.92 Å². The average Bonchev–Trinajstić information content (AvgIpc) is 3.27. The summed E-state index contributed by atoms with van der Waals surface area (Å²) in [5, 5.41) is 18.5. The third-order valence-corrected chi connectivity index (χ3v) is 4.52. The predicted molar refractivity (Wildman–Crippen MR) is 124 cm³/mol. The van der Waals surface area contributed by atoms with E-state index in [2.05, 4.69) is 45.0 Å². The molecule has 1 atom stereocenters. The molecule has 2 aromatic heterocycles. The highest BCUT2D eigenvalue weighted by atomic mass is 127. The van der Waals surface area contributed by atoms with Gasteiger partial charge in [-0.2, -0.15) is 0 Å². The number of fused-ring (bicyclic) bond motifs is 1. The molecule has 0 aliphatic rings. The van der Waals surface area contributed by atoms with Crippen LogP contribution in [0.5, 0.6) is 0 Å². The summed E-state index contributed by atoms with van der Waals surface area (Å²) in [4.78, 5) is 7.83. The fourth-order valence-electron chi connectivity index (χ4n) is 3.03. The molecular formula is C21H29IN4O2. The van der Waals surface area contributed by atoms with Crippen molar-refractivity contribution in [2.45, 2.75) is 32.8 Å². The number of furan rings is 1. The molecule has 0 aliphatic heterocycles. The lowest BCUT2D eigenvalue weighted by Crippen LogP contribution is -2.39. The summed E-state index contributed by atoms with van der Waals surface area (Å²) in [6.45, 7) is 7.30. The van der Waals surface area contributed by atoms with Gasteiger partial charge < -0.3 is 25.1 Å². The number of guanidine groups is 1. The summed E-state index contributed by atoms with van der Waals surface area (Å²) < 4.78 is 5.55. The Bertz CT molecular complexity index is 914. The number of aromatic nitrogens is 1. The minimum Gasteiger partial charge on any atom is -0.463 e. The fraction of sp³-hybridized carbons (Fsp3) is 0.381. The fourth-order valence-corrected chi connectivity index (χ4v) is 3.03. The van der Waals surface area contributed by atoms with Crippen molar-refractivity contribution in [3.63, 3.8) is 0 Å². The first-order valence-electron chi connectivity index (χ1n) is 9.36. The lowest BCUT2D eigenvalue weighted by molar-refractivity contribution is 0.0428. The van der Waals surface area contributed by atoms with E-state index in [4.69, 9.17) is 4.42 Å². The van der Waals surface area contributed by atoms with Gasteiger partial charge in [-0.3, -0.25) is 0 Å². The zero-order valence-corrected chi connectivity index (χ0v) is 18.9. The van der Waals surface area contributed by atoms with Crippen molar-refractivity contribution in [1.82, 2.24) is 15.6 Å². The van der Waals surface area contributed by atoms with Gasteiger partial charge in [0.25, 0.3) is 0 Å². The van der Waals surface area contributed by atoms with Gasteiger partial charge in [-0.1, -0.05) is 18.2 Å². The van der Waals surface area contributed by atoms with Gasteiger partial charge in [0.1, 0.15) is 17.1 Å². The van der Waals surface area contributed by atoms with Gasteiger partial charge in [0, 0.05) is 30.2 Å². The van der Waals surface area contributed by atoms with E-state index in [1.54, 1.807) is 13.0 Å². The van der Waals surface area contributed by atoms with Crippen LogP contribution in [0.1, 0.15) is 30.9 Å². The lowest BCUT2D eigenvalue weighted by atomic mass is 10.0. The maximum Gasteiger partial charge on any atom is 0.191 e. The van der Waals surface area contributed by atoms with Gasteiger partial charge in [0.2, 0.25) is 0 Å². The highest BCUT2D eigenvalue weighted by Gasteiger charge is 2.26. The largest absolute Gasteiger partial charge is 0.463 e. The molecule has 6 nitrogen and oxygen atoms in total. The Balaban J connectivity index is 0.00000280. The minimum atomic E-state index is -1.15. The SMILES string of the molecule is CCNC(=NCC(C)(O)c1ccc(C)o1)NCCc1c[nH]c2ccccc12.I. The van der Waals surface area contributed by atoms with Gasteiger partial charge in [-0.05, 0) is 51.0 Å². The highest BCUT2D eigenvalue weighted by molar-refractivity contribution is 14.0. The molecule has 0 radical (unpaired) electrons. The van der Waals surface area contributed by atoms with Crippen LogP contribution >= 0.6 is 24.0 Å². The maximum absolute atomic E-state index is 10.6. The van der Waals surface area contributed by atoms with Gasteiger partial charge in [-0.15, -0.1) is 24.0 Å². The molecule has 152 valence electrons. The van der Waals surface area contributed by atoms with E-state index in [1.807, 2.05) is 26.0 Å². The zero-order valence-electron chi connectivity index (χ0n) is 16.6. The van der Waals surface area contributed by atoms with E-state index in [-0.39, 0.29) is 30.5 Å². The number of H-pyrrole nitrogens is 1. The predicted octanol–water partition coefficient (Wildman–Crippen LogP) is 3.69. The number of rotatable bonds is 7. The van der Waals surface area contributed by atoms with Gasteiger partial charge in [-0.25, -0.2) is 4.99 Å². The number of benzene rings is 1. The lowest BCUT2D eigenvalue weighted by Gasteiger charge is -2.19. The van der Waals surface area contributed by atoms with Crippen molar-refractivity contribution in [3.8, 4) is 0 Å². The maximum atomic E-state index is 10.6. The smallest absolute Gasteiger partial charge is 0.191 e. The van der Waals surface area contributed by atoms with E-state index in [9.17, 15) is 5.11 Å². The molecule has 0 fully saturated rings. The molecule has 1 unspecified atom stereocenters. The molecule has 0 aliphatic carbocycles. The summed E-state index contributed by atoms with van der Waals surface area (Å²) in [7, 11) is 0. The first-order chi connectivity index (χ1) is 13.0. The summed E-state index contributed by atoms with van der Waals surface area (Å²) in [5.74, 6) is 1.98. The van der Waals surface area contributed by atoms with E-state index < -0.39 is 5.60 Å². The van der Waals surface area contributed by atoms with Crippen molar-refractivity contribution in [2.24, 2.45) is 4.99 Å². The molecule has 0 amide bonds. The molecule has 0 bridgehead atoms. The molecule has 0 saturated carbocycles. The Morgan fingerprint density at radius 1 is 1.21 bits per heavy atom. The van der Waals surface area contributed by atoms with Crippen LogP contribution in [0.3, 0.4) is 0 Å². The quantitative estimate of drug-likeness (QED) is 0.228. The monoisotopic (exact) mass is 496 g/mol. The number of halogens is 1. The van der Waals surface area contributed by atoms with Crippen molar-refractivity contribution >= 4 is 40.8 Å².